The van der Waals surface area contributed by atoms with E-state index in [-0.39, 0.29) is 5.91 Å². The van der Waals surface area contributed by atoms with Gasteiger partial charge in [0.1, 0.15) is 17.0 Å². The van der Waals surface area contributed by atoms with Gasteiger partial charge < -0.3 is 10.2 Å². The molecule has 3 heterocycles. The van der Waals surface area contributed by atoms with Crippen molar-refractivity contribution in [2.75, 3.05) is 25.5 Å². The molecule has 1 amide bonds. The number of amides is 1. The predicted molar refractivity (Wildman–Crippen MR) is 131 cm³/mol. The van der Waals surface area contributed by atoms with Gasteiger partial charge in [-0.1, -0.05) is 17.7 Å². The van der Waals surface area contributed by atoms with Gasteiger partial charge in [0.25, 0.3) is 0 Å². The van der Waals surface area contributed by atoms with Gasteiger partial charge in [-0.3, -0.25) is 9.69 Å². The Morgan fingerprint density at radius 1 is 1.34 bits per heavy atom. The van der Waals surface area contributed by atoms with E-state index in [1.165, 1.54) is 23.3 Å². The first kappa shape index (κ1) is 21.4. The van der Waals surface area contributed by atoms with E-state index < -0.39 is 0 Å². The summed E-state index contributed by atoms with van der Waals surface area (Å²) in [6.07, 6.45) is 8.65. The summed E-state index contributed by atoms with van der Waals surface area (Å²) < 4.78 is 0. The van der Waals surface area contributed by atoms with Gasteiger partial charge >= 0.3 is 0 Å². The molecule has 0 saturated heterocycles. The Balaban J connectivity index is 1.34. The summed E-state index contributed by atoms with van der Waals surface area (Å²) >= 11 is 7.88. The Morgan fingerprint density at radius 2 is 2.19 bits per heavy atom. The highest BCUT2D eigenvalue weighted by molar-refractivity contribution is 7.19. The molecule has 1 saturated carbocycles. The number of thiophene rings is 1. The molecule has 5 rings (SSSR count). The number of aryl methyl sites for hydroxylation is 1. The minimum atomic E-state index is 0.0798. The molecule has 3 aromatic rings. The van der Waals surface area contributed by atoms with Gasteiger partial charge in [0.05, 0.1) is 11.9 Å². The Morgan fingerprint density at radius 3 is 2.97 bits per heavy atom. The van der Waals surface area contributed by atoms with Gasteiger partial charge in [-0.15, -0.1) is 11.3 Å². The lowest BCUT2D eigenvalue weighted by Gasteiger charge is -2.26. The molecular weight excluding hydrogens is 442 g/mol. The van der Waals surface area contributed by atoms with E-state index in [1.807, 2.05) is 36.1 Å². The number of aromatic nitrogens is 2. The lowest BCUT2D eigenvalue weighted by atomic mass is 10.0. The molecule has 6 nitrogen and oxygen atoms in total. The van der Waals surface area contributed by atoms with Gasteiger partial charge in [0.15, 0.2) is 0 Å². The van der Waals surface area contributed by atoms with Crippen LogP contribution in [0.1, 0.15) is 28.8 Å². The highest BCUT2D eigenvalue weighted by Crippen LogP contribution is 2.38. The summed E-state index contributed by atoms with van der Waals surface area (Å²) in [6.45, 7) is 4.16. The second kappa shape index (κ2) is 8.81. The van der Waals surface area contributed by atoms with Crippen molar-refractivity contribution in [3.8, 4) is 0 Å². The number of fused-ring (bicyclic) bond motifs is 3. The third kappa shape index (κ3) is 4.51. The number of hydrogen-bond acceptors (Lipinski definition) is 6. The van der Waals surface area contributed by atoms with Crippen LogP contribution in [0.15, 0.2) is 36.7 Å². The molecule has 0 unspecified atom stereocenters. The van der Waals surface area contributed by atoms with Crippen LogP contribution in [0.4, 0.5) is 11.5 Å². The average Bonchev–Trinajstić information content (AvgIpc) is 3.53. The van der Waals surface area contributed by atoms with E-state index in [2.05, 4.69) is 27.2 Å². The molecule has 166 valence electrons. The summed E-state index contributed by atoms with van der Waals surface area (Å²) in [5.74, 6) is 0.869. The number of carbonyl (C=O) groups excluding carboxylic acids is 1. The number of rotatable bonds is 6. The number of halogens is 1. The Labute approximate surface area is 196 Å². The van der Waals surface area contributed by atoms with E-state index in [1.54, 1.807) is 23.7 Å². The molecule has 1 N–H and O–H groups in total. The van der Waals surface area contributed by atoms with Crippen molar-refractivity contribution in [3.63, 3.8) is 0 Å². The Bertz CT molecular complexity index is 1180. The summed E-state index contributed by atoms with van der Waals surface area (Å²) in [4.78, 5) is 28.1. The fourth-order valence-corrected chi connectivity index (χ4v) is 5.74. The van der Waals surface area contributed by atoms with Crippen LogP contribution >= 0.6 is 22.9 Å². The van der Waals surface area contributed by atoms with Crippen LogP contribution in [-0.4, -0.2) is 51.9 Å². The topological polar surface area (TPSA) is 61.4 Å². The zero-order valence-electron chi connectivity index (χ0n) is 18.3. The third-order valence-electron chi connectivity index (χ3n) is 6.08. The van der Waals surface area contributed by atoms with Gasteiger partial charge in [0, 0.05) is 40.8 Å². The SMILES string of the molecule is Cc1cc(Cl)cc(Nc2ncnc3sc4c(c23)CCN(C(=O)/C=C/CN(C)C2CC2)C4)c1. The molecule has 0 bridgehead atoms. The molecule has 32 heavy (non-hydrogen) atoms. The summed E-state index contributed by atoms with van der Waals surface area (Å²) in [7, 11) is 2.12. The lowest BCUT2D eigenvalue weighted by Crippen LogP contribution is -2.34. The largest absolute Gasteiger partial charge is 0.340 e. The van der Waals surface area contributed by atoms with E-state index >= 15 is 0 Å². The maximum atomic E-state index is 12.7. The maximum Gasteiger partial charge on any atom is 0.246 e. The summed E-state index contributed by atoms with van der Waals surface area (Å²) in [5, 5.41) is 5.17. The highest BCUT2D eigenvalue weighted by Gasteiger charge is 2.26. The Hall–Kier alpha value is -2.48. The number of nitrogens with one attached hydrogen (secondary N) is 1. The molecule has 2 aromatic heterocycles. The minimum Gasteiger partial charge on any atom is -0.340 e. The van der Waals surface area contributed by atoms with E-state index in [9.17, 15) is 4.79 Å². The van der Waals surface area contributed by atoms with Crippen LogP contribution in [0, 0.1) is 6.92 Å². The zero-order valence-corrected chi connectivity index (χ0v) is 19.8. The first-order valence-electron chi connectivity index (χ1n) is 10.9. The van der Waals surface area contributed by atoms with Crippen LogP contribution in [-0.2, 0) is 17.8 Å². The fraction of sp³-hybridized carbons (Fsp3) is 0.375. The van der Waals surface area contributed by atoms with Gasteiger partial charge in [-0.05, 0) is 62.6 Å². The number of benzene rings is 1. The number of carbonyl (C=O) groups is 1. The Kier molecular flexibility index (Phi) is 5.88. The molecule has 8 heteroatoms. The second-order valence-corrected chi connectivity index (χ2v) is 10.2. The standard InChI is InChI=1S/C24H26ClN5OS/c1-15-10-16(25)12-17(11-15)28-23-22-19-7-9-30(13-20(19)32-24(22)27-14-26-23)21(31)4-3-8-29(2)18-5-6-18/h3-4,10-12,14,18H,5-9,13H2,1-2H3,(H,26,27,28)/b4-3+. The number of anilines is 2. The molecule has 1 aromatic carbocycles. The molecule has 0 radical (unpaired) electrons. The lowest BCUT2D eigenvalue weighted by molar-refractivity contribution is -0.126. The van der Waals surface area contributed by atoms with Crippen molar-refractivity contribution in [3.05, 3.63) is 57.7 Å². The van der Waals surface area contributed by atoms with E-state index in [4.69, 9.17) is 11.6 Å². The summed E-state index contributed by atoms with van der Waals surface area (Å²) in [6, 6.07) is 6.57. The smallest absolute Gasteiger partial charge is 0.246 e. The monoisotopic (exact) mass is 467 g/mol. The average molecular weight is 468 g/mol. The second-order valence-electron chi connectivity index (χ2n) is 8.63. The first-order chi connectivity index (χ1) is 15.5. The molecule has 2 aliphatic rings. The maximum absolute atomic E-state index is 12.7. The van der Waals surface area contributed by atoms with Crippen molar-refractivity contribution < 1.29 is 4.79 Å². The van der Waals surface area contributed by atoms with Crippen LogP contribution in [0.25, 0.3) is 10.2 Å². The molecule has 1 fully saturated rings. The van der Waals surface area contributed by atoms with Gasteiger partial charge in [0.2, 0.25) is 5.91 Å². The van der Waals surface area contributed by atoms with Crippen molar-refractivity contribution in [2.24, 2.45) is 0 Å². The molecule has 1 aliphatic carbocycles. The van der Waals surface area contributed by atoms with Crippen molar-refractivity contribution in [1.82, 2.24) is 19.8 Å². The predicted octanol–water partition coefficient (Wildman–Crippen LogP) is 4.93. The summed E-state index contributed by atoms with van der Waals surface area (Å²) in [5.41, 5.74) is 3.24. The molecule has 0 atom stereocenters. The van der Waals surface area contributed by atoms with Crippen LogP contribution < -0.4 is 5.32 Å². The molecule has 1 aliphatic heterocycles. The first-order valence-corrected chi connectivity index (χ1v) is 12.1. The third-order valence-corrected chi connectivity index (χ3v) is 7.42. The molecule has 0 spiro atoms. The highest BCUT2D eigenvalue weighted by atomic mass is 35.5. The van der Waals surface area contributed by atoms with Crippen molar-refractivity contribution in [1.29, 1.82) is 0 Å². The zero-order chi connectivity index (χ0) is 22.2. The van der Waals surface area contributed by atoms with Crippen LogP contribution in [0.5, 0.6) is 0 Å². The normalized spacial score (nSPS) is 16.2. The van der Waals surface area contributed by atoms with Crippen molar-refractivity contribution in [2.45, 2.75) is 38.8 Å². The van der Waals surface area contributed by atoms with Crippen LogP contribution in [0.3, 0.4) is 0 Å². The van der Waals surface area contributed by atoms with Gasteiger partial charge in [-0.2, -0.15) is 0 Å². The van der Waals surface area contributed by atoms with E-state index in [0.29, 0.717) is 24.2 Å². The number of nitrogens with zero attached hydrogens (tertiary/aromatic N) is 4. The number of hydrogen-bond donors (Lipinski definition) is 1. The minimum absolute atomic E-state index is 0.0798. The quantitative estimate of drug-likeness (QED) is 0.521. The van der Waals surface area contributed by atoms with E-state index in [0.717, 1.165) is 40.3 Å². The number of likely N-dealkylation sites (N-methyl/N-ethyl adjacent to an activating group) is 1. The molecular formula is C24H26ClN5OS. The van der Waals surface area contributed by atoms with Crippen LogP contribution in [0.2, 0.25) is 5.02 Å². The van der Waals surface area contributed by atoms with Gasteiger partial charge in [-0.25, -0.2) is 9.97 Å². The van der Waals surface area contributed by atoms with Crippen molar-refractivity contribution >= 4 is 50.6 Å². The fourth-order valence-electron chi connectivity index (χ4n) is 4.25.